The van der Waals surface area contributed by atoms with Crippen molar-refractivity contribution in [2.45, 2.75) is 0 Å². The van der Waals surface area contributed by atoms with Crippen molar-refractivity contribution >= 4 is 50.8 Å². The van der Waals surface area contributed by atoms with Gasteiger partial charge in [0.25, 0.3) is 0 Å². The normalized spacial score (nSPS) is 9.07. The lowest BCUT2D eigenvalue weighted by atomic mass is 10.3. The molecular weight excluding hydrogens is 345 g/mol. The quantitative estimate of drug-likeness (QED) is 0.381. The van der Waals surface area contributed by atoms with Gasteiger partial charge in [-0.15, -0.1) is 0 Å². The fourth-order valence-corrected chi connectivity index (χ4v) is 1.81. The van der Waals surface area contributed by atoms with Crippen LogP contribution in [0.5, 0.6) is 0 Å². The fraction of sp³-hybridized carbons (Fsp3) is 0. The summed E-state index contributed by atoms with van der Waals surface area (Å²) in [4.78, 5) is 0. The van der Waals surface area contributed by atoms with Gasteiger partial charge in [0.05, 0.1) is 5.02 Å². The third-order valence-electron chi connectivity index (χ3n) is 0.949. The molecule has 8 heteroatoms. The summed E-state index contributed by atoms with van der Waals surface area (Å²) < 4.78 is 13.9. The van der Waals surface area contributed by atoms with Crippen LogP contribution in [-0.2, 0) is 0 Å². The first-order valence-electron chi connectivity index (χ1n) is 3.19. The summed E-state index contributed by atoms with van der Waals surface area (Å²) in [7, 11) is -2.17. The largest absolute Gasteiger partial charge is 0.631 e. The third-order valence-corrected chi connectivity index (χ3v) is 2.64. The Labute approximate surface area is 102 Å². The molecule has 3 N–H and O–H groups in total. The standard InChI is InChI=1S/C6H2Br2ClF.BH3O3/c7-3-1-4(8)6(9)5(10)2-3;2-1(3)4/h1-2H;2-4H. The Morgan fingerprint density at radius 2 is 1.64 bits per heavy atom. The topological polar surface area (TPSA) is 60.7 Å². The van der Waals surface area contributed by atoms with Crippen molar-refractivity contribution in [2.24, 2.45) is 0 Å². The van der Waals surface area contributed by atoms with Gasteiger partial charge in [-0.1, -0.05) is 27.5 Å². The third kappa shape index (κ3) is 5.95. The Kier molecular flexibility index (Phi) is 6.93. The lowest BCUT2D eigenvalue weighted by Crippen LogP contribution is -2.07. The number of rotatable bonds is 0. The Morgan fingerprint density at radius 1 is 1.21 bits per heavy atom. The SMILES string of the molecule is Fc1cc(Br)cc(Br)c1Cl.OB(O)O. The molecule has 1 aromatic carbocycles. The molecule has 3 nitrogen and oxygen atoms in total. The summed E-state index contributed by atoms with van der Waals surface area (Å²) in [5.41, 5.74) is 0. The predicted octanol–water partition coefficient (Wildman–Crippen LogP) is 1.95. The molecule has 0 fully saturated rings. The van der Waals surface area contributed by atoms with Gasteiger partial charge >= 0.3 is 7.32 Å². The average molecular weight is 350 g/mol. The highest BCUT2D eigenvalue weighted by molar-refractivity contribution is 9.11. The Hall–Kier alpha value is 0.345. The second kappa shape index (κ2) is 6.76. The van der Waals surface area contributed by atoms with Crippen molar-refractivity contribution in [3.63, 3.8) is 0 Å². The summed E-state index contributed by atoms with van der Waals surface area (Å²) in [6, 6.07) is 3.00. The number of hydrogen-bond donors (Lipinski definition) is 3. The van der Waals surface area contributed by atoms with Gasteiger partial charge in [-0.2, -0.15) is 0 Å². The molecule has 1 aromatic rings. The molecule has 0 bridgehead atoms. The average Bonchev–Trinajstić information content (AvgIpc) is 1.98. The summed E-state index contributed by atoms with van der Waals surface area (Å²) >= 11 is 11.7. The Balaban J connectivity index is 0.000000364. The molecule has 0 aliphatic rings. The Morgan fingerprint density at radius 3 is 2.00 bits per heavy atom. The van der Waals surface area contributed by atoms with Crippen LogP contribution in [-0.4, -0.2) is 22.4 Å². The van der Waals surface area contributed by atoms with Gasteiger partial charge in [0.1, 0.15) is 5.82 Å². The van der Waals surface area contributed by atoms with E-state index in [0.717, 1.165) is 0 Å². The zero-order valence-corrected chi connectivity index (χ0v) is 10.5. The lowest BCUT2D eigenvalue weighted by Gasteiger charge is -1.97. The van der Waals surface area contributed by atoms with Gasteiger partial charge in [0.2, 0.25) is 0 Å². The molecule has 0 radical (unpaired) electrons. The van der Waals surface area contributed by atoms with Gasteiger partial charge in [0, 0.05) is 8.95 Å². The molecule has 78 valence electrons. The zero-order valence-electron chi connectivity index (χ0n) is 6.59. The summed E-state index contributed by atoms with van der Waals surface area (Å²) in [5.74, 6) is -0.428. The minimum Gasteiger partial charge on any atom is -0.402 e. The van der Waals surface area contributed by atoms with E-state index in [2.05, 4.69) is 31.9 Å². The minimum atomic E-state index is -2.17. The van der Waals surface area contributed by atoms with Gasteiger partial charge in [-0.3, -0.25) is 0 Å². The summed E-state index contributed by atoms with van der Waals surface area (Å²) in [5, 5.41) is 21.6. The van der Waals surface area contributed by atoms with E-state index in [1.165, 1.54) is 6.07 Å². The lowest BCUT2D eigenvalue weighted by molar-refractivity contribution is 0.278. The van der Waals surface area contributed by atoms with Gasteiger partial charge in [0.15, 0.2) is 0 Å². The van der Waals surface area contributed by atoms with E-state index in [0.29, 0.717) is 8.95 Å². The van der Waals surface area contributed by atoms with Crippen molar-refractivity contribution in [3.05, 3.63) is 31.9 Å². The maximum absolute atomic E-state index is 12.6. The van der Waals surface area contributed by atoms with E-state index in [4.69, 9.17) is 26.7 Å². The van der Waals surface area contributed by atoms with Crippen LogP contribution in [0.15, 0.2) is 21.1 Å². The second-order valence-corrected chi connectivity index (χ2v) is 4.18. The van der Waals surface area contributed by atoms with Crippen molar-refractivity contribution in [1.82, 2.24) is 0 Å². The summed E-state index contributed by atoms with van der Waals surface area (Å²) in [6.07, 6.45) is 0. The molecule has 0 heterocycles. The van der Waals surface area contributed by atoms with E-state index in [1.54, 1.807) is 6.07 Å². The van der Waals surface area contributed by atoms with Crippen LogP contribution in [0, 0.1) is 5.82 Å². The van der Waals surface area contributed by atoms with E-state index >= 15 is 0 Å². The van der Waals surface area contributed by atoms with Crippen molar-refractivity contribution in [2.75, 3.05) is 0 Å². The number of benzene rings is 1. The van der Waals surface area contributed by atoms with Crippen LogP contribution in [0.3, 0.4) is 0 Å². The second-order valence-electron chi connectivity index (χ2n) is 2.03. The predicted molar refractivity (Wildman–Crippen MR) is 59.2 cm³/mol. The van der Waals surface area contributed by atoms with Crippen molar-refractivity contribution in [3.8, 4) is 0 Å². The van der Waals surface area contributed by atoms with Gasteiger partial charge in [-0.25, -0.2) is 4.39 Å². The van der Waals surface area contributed by atoms with Crippen molar-refractivity contribution < 1.29 is 19.5 Å². The van der Waals surface area contributed by atoms with Crippen LogP contribution in [0.1, 0.15) is 0 Å². The molecule has 1 rings (SSSR count). The van der Waals surface area contributed by atoms with Crippen LogP contribution in [0.2, 0.25) is 5.02 Å². The molecular formula is C6H5BBr2ClFO3. The van der Waals surface area contributed by atoms with E-state index < -0.39 is 13.1 Å². The highest BCUT2D eigenvalue weighted by Crippen LogP contribution is 2.28. The molecule has 0 atom stereocenters. The molecule has 0 aromatic heterocycles. The first-order valence-corrected chi connectivity index (χ1v) is 5.15. The smallest absolute Gasteiger partial charge is 0.402 e. The Bertz CT molecular complexity index is 287. The maximum atomic E-state index is 12.6. The monoisotopic (exact) mass is 348 g/mol. The molecule has 0 spiro atoms. The minimum absolute atomic E-state index is 0.114. The highest BCUT2D eigenvalue weighted by atomic mass is 79.9. The molecule has 0 unspecified atom stereocenters. The molecule has 0 saturated carbocycles. The number of halogens is 4. The van der Waals surface area contributed by atoms with Crippen LogP contribution < -0.4 is 0 Å². The van der Waals surface area contributed by atoms with Crippen LogP contribution in [0.4, 0.5) is 4.39 Å². The van der Waals surface area contributed by atoms with Gasteiger partial charge in [-0.05, 0) is 28.1 Å². The van der Waals surface area contributed by atoms with Crippen molar-refractivity contribution in [1.29, 1.82) is 0 Å². The maximum Gasteiger partial charge on any atom is 0.631 e. The summed E-state index contributed by atoms with van der Waals surface area (Å²) in [6.45, 7) is 0. The van der Waals surface area contributed by atoms with E-state index in [9.17, 15) is 4.39 Å². The first kappa shape index (κ1) is 14.3. The molecule has 0 aliphatic carbocycles. The van der Waals surface area contributed by atoms with Gasteiger partial charge < -0.3 is 15.1 Å². The fourth-order valence-electron chi connectivity index (χ4n) is 0.525. The number of hydrogen-bond acceptors (Lipinski definition) is 3. The first-order chi connectivity index (χ1) is 6.34. The molecule has 14 heavy (non-hydrogen) atoms. The highest BCUT2D eigenvalue weighted by Gasteiger charge is 2.04. The van der Waals surface area contributed by atoms with Crippen LogP contribution in [0.25, 0.3) is 0 Å². The van der Waals surface area contributed by atoms with E-state index in [-0.39, 0.29) is 5.02 Å². The van der Waals surface area contributed by atoms with E-state index in [1.807, 2.05) is 0 Å². The molecule has 0 saturated heterocycles. The molecule has 0 amide bonds. The molecule has 0 aliphatic heterocycles. The zero-order chi connectivity index (χ0) is 11.3. The van der Waals surface area contributed by atoms with Crippen LogP contribution >= 0.6 is 43.5 Å².